The molecule has 0 bridgehead atoms. The second-order valence-electron chi connectivity index (χ2n) is 3.94. The van der Waals surface area contributed by atoms with Gasteiger partial charge in [-0.1, -0.05) is 0 Å². The number of halogens is 3. The van der Waals surface area contributed by atoms with E-state index in [9.17, 15) is 18.0 Å². The van der Waals surface area contributed by atoms with Crippen LogP contribution in [0.15, 0.2) is 24.4 Å². The van der Waals surface area contributed by atoms with Gasteiger partial charge in [0, 0.05) is 10.9 Å². The zero-order chi connectivity index (χ0) is 14.0. The van der Waals surface area contributed by atoms with Gasteiger partial charge < -0.3 is 10.4 Å². The molecule has 0 radical (unpaired) electrons. The minimum atomic E-state index is -4.75. The van der Waals surface area contributed by atoms with Crippen LogP contribution in [0.25, 0.3) is 10.9 Å². The lowest BCUT2D eigenvalue weighted by atomic mass is 10.1. The lowest BCUT2D eigenvalue weighted by Crippen LogP contribution is -2.40. The van der Waals surface area contributed by atoms with Gasteiger partial charge in [0.05, 0.1) is 18.3 Å². The fourth-order valence-electron chi connectivity index (χ4n) is 1.49. The van der Waals surface area contributed by atoms with Crippen molar-refractivity contribution in [1.29, 1.82) is 0 Å². The molecule has 19 heavy (non-hydrogen) atoms. The van der Waals surface area contributed by atoms with E-state index in [-0.39, 0.29) is 5.56 Å². The normalized spacial score (nSPS) is 13.5. The summed E-state index contributed by atoms with van der Waals surface area (Å²) in [6.45, 7) is -0.883. The van der Waals surface area contributed by atoms with Crippen molar-refractivity contribution in [1.82, 2.24) is 15.5 Å². The Bertz CT molecular complexity index is 594. The summed E-state index contributed by atoms with van der Waals surface area (Å²) in [6.07, 6.45) is -5.83. The number of aliphatic hydroxyl groups is 1. The van der Waals surface area contributed by atoms with Crippen LogP contribution in [0.5, 0.6) is 0 Å². The molecule has 0 fully saturated rings. The fraction of sp³-hybridized carbons (Fsp3) is 0.273. The van der Waals surface area contributed by atoms with Crippen molar-refractivity contribution in [2.24, 2.45) is 0 Å². The van der Waals surface area contributed by atoms with Gasteiger partial charge in [-0.3, -0.25) is 9.89 Å². The van der Waals surface area contributed by atoms with Crippen molar-refractivity contribution in [3.8, 4) is 0 Å². The summed E-state index contributed by atoms with van der Waals surface area (Å²) in [5.74, 6) is -0.689. The monoisotopic (exact) mass is 273 g/mol. The molecule has 1 atom stereocenters. The van der Waals surface area contributed by atoms with E-state index in [4.69, 9.17) is 5.11 Å². The van der Waals surface area contributed by atoms with E-state index < -0.39 is 24.7 Å². The average molecular weight is 273 g/mol. The lowest BCUT2D eigenvalue weighted by Gasteiger charge is -2.14. The molecule has 1 amide bonds. The molecule has 0 saturated carbocycles. The van der Waals surface area contributed by atoms with Gasteiger partial charge in [0.25, 0.3) is 5.91 Å². The zero-order valence-corrected chi connectivity index (χ0v) is 9.53. The maximum Gasteiger partial charge on any atom is 0.416 e. The van der Waals surface area contributed by atoms with Crippen LogP contribution in [-0.2, 0) is 0 Å². The number of hydrogen-bond donors (Lipinski definition) is 3. The summed E-state index contributed by atoms with van der Waals surface area (Å²) < 4.78 is 36.2. The van der Waals surface area contributed by atoms with E-state index in [0.29, 0.717) is 10.9 Å². The summed E-state index contributed by atoms with van der Waals surface area (Å²) in [4.78, 5) is 11.6. The maximum absolute atomic E-state index is 12.1. The molecule has 2 rings (SSSR count). The van der Waals surface area contributed by atoms with Crippen molar-refractivity contribution >= 4 is 16.8 Å². The summed E-state index contributed by atoms with van der Waals surface area (Å²) in [6, 6.07) is 4.54. The number of rotatable bonds is 3. The fourth-order valence-corrected chi connectivity index (χ4v) is 1.49. The SMILES string of the molecule is O=C(NCC(O)C(F)(F)F)c1ccc2[nH]ncc2c1. The van der Waals surface area contributed by atoms with E-state index in [1.165, 1.54) is 18.3 Å². The van der Waals surface area contributed by atoms with Crippen LogP contribution in [0.1, 0.15) is 10.4 Å². The third-order valence-electron chi connectivity index (χ3n) is 2.54. The molecule has 1 aromatic carbocycles. The molecule has 2 aromatic rings. The van der Waals surface area contributed by atoms with Crippen molar-refractivity contribution in [3.05, 3.63) is 30.0 Å². The lowest BCUT2D eigenvalue weighted by molar-refractivity contribution is -0.201. The molecule has 0 saturated heterocycles. The molecule has 0 aliphatic heterocycles. The second kappa shape index (κ2) is 4.88. The third-order valence-corrected chi connectivity index (χ3v) is 2.54. The van der Waals surface area contributed by atoms with Crippen LogP contribution < -0.4 is 5.32 Å². The number of aromatic amines is 1. The zero-order valence-electron chi connectivity index (χ0n) is 9.53. The molecule has 8 heteroatoms. The van der Waals surface area contributed by atoms with E-state index in [1.54, 1.807) is 6.07 Å². The molecular formula is C11H10F3N3O2. The van der Waals surface area contributed by atoms with Crippen LogP contribution in [0.3, 0.4) is 0 Å². The summed E-state index contributed by atoms with van der Waals surface area (Å²) in [5, 5.41) is 17.9. The van der Waals surface area contributed by atoms with E-state index in [1.807, 2.05) is 5.32 Å². The molecule has 1 heterocycles. The minimum Gasteiger partial charge on any atom is -0.382 e. The minimum absolute atomic E-state index is 0.197. The largest absolute Gasteiger partial charge is 0.416 e. The highest BCUT2D eigenvalue weighted by Gasteiger charge is 2.38. The number of aliphatic hydroxyl groups excluding tert-OH is 1. The quantitative estimate of drug-likeness (QED) is 0.786. The molecule has 1 aromatic heterocycles. The van der Waals surface area contributed by atoms with Gasteiger partial charge >= 0.3 is 6.18 Å². The van der Waals surface area contributed by atoms with Crippen LogP contribution in [0, 0.1) is 0 Å². The smallest absolute Gasteiger partial charge is 0.382 e. The Morgan fingerprint density at radius 3 is 2.89 bits per heavy atom. The Morgan fingerprint density at radius 2 is 2.21 bits per heavy atom. The first-order chi connectivity index (χ1) is 8.88. The Balaban J connectivity index is 2.03. The summed E-state index contributed by atoms with van der Waals surface area (Å²) >= 11 is 0. The predicted molar refractivity (Wildman–Crippen MR) is 60.5 cm³/mol. The van der Waals surface area contributed by atoms with Gasteiger partial charge in [0.2, 0.25) is 0 Å². The molecule has 102 valence electrons. The van der Waals surface area contributed by atoms with Crippen molar-refractivity contribution < 1.29 is 23.1 Å². The standard InChI is InChI=1S/C11H10F3N3O2/c12-11(13,14)9(18)5-15-10(19)6-1-2-8-7(3-6)4-16-17-8/h1-4,9,18H,5H2,(H,15,19)(H,16,17). The number of amides is 1. The van der Waals surface area contributed by atoms with E-state index in [0.717, 1.165) is 0 Å². The van der Waals surface area contributed by atoms with Gasteiger partial charge in [-0.2, -0.15) is 18.3 Å². The number of alkyl halides is 3. The first-order valence-corrected chi connectivity index (χ1v) is 5.34. The Labute approximate surface area is 105 Å². The molecule has 0 spiro atoms. The highest BCUT2D eigenvalue weighted by atomic mass is 19.4. The average Bonchev–Trinajstić information content (AvgIpc) is 2.81. The predicted octanol–water partition coefficient (Wildman–Crippen LogP) is 1.22. The number of fused-ring (bicyclic) bond motifs is 1. The number of aromatic nitrogens is 2. The Morgan fingerprint density at radius 1 is 1.47 bits per heavy atom. The number of hydrogen-bond acceptors (Lipinski definition) is 3. The number of nitrogens with one attached hydrogen (secondary N) is 2. The van der Waals surface area contributed by atoms with E-state index in [2.05, 4.69) is 10.2 Å². The first-order valence-electron chi connectivity index (χ1n) is 5.34. The summed E-state index contributed by atoms with van der Waals surface area (Å²) in [7, 11) is 0. The van der Waals surface area contributed by atoms with Crippen molar-refractivity contribution in [2.75, 3.05) is 6.54 Å². The molecule has 0 aliphatic carbocycles. The number of carbonyl (C=O) groups is 1. The van der Waals surface area contributed by atoms with Crippen LogP contribution in [0.2, 0.25) is 0 Å². The molecule has 0 aliphatic rings. The highest BCUT2D eigenvalue weighted by Crippen LogP contribution is 2.19. The third kappa shape index (κ3) is 3.02. The van der Waals surface area contributed by atoms with Gasteiger partial charge in [-0.05, 0) is 18.2 Å². The number of H-pyrrole nitrogens is 1. The van der Waals surface area contributed by atoms with Crippen LogP contribution in [-0.4, -0.2) is 40.0 Å². The van der Waals surface area contributed by atoms with Gasteiger partial charge in [0.1, 0.15) is 0 Å². The molecular weight excluding hydrogens is 263 g/mol. The van der Waals surface area contributed by atoms with Crippen molar-refractivity contribution in [3.63, 3.8) is 0 Å². The maximum atomic E-state index is 12.1. The number of carbonyl (C=O) groups excluding carboxylic acids is 1. The van der Waals surface area contributed by atoms with Crippen LogP contribution >= 0.6 is 0 Å². The second-order valence-corrected chi connectivity index (χ2v) is 3.94. The summed E-state index contributed by atoms with van der Waals surface area (Å²) in [5.41, 5.74) is 0.912. The highest BCUT2D eigenvalue weighted by molar-refractivity contribution is 5.97. The van der Waals surface area contributed by atoms with Crippen LogP contribution in [0.4, 0.5) is 13.2 Å². The Hall–Kier alpha value is -2.09. The molecule has 5 nitrogen and oxygen atoms in total. The van der Waals surface area contributed by atoms with Crippen molar-refractivity contribution in [2.45, 2.75) is 12.3 Å². The first kappa shape index (κ1) is 13.3. The topological polar surface area (TPSA) is 78.0 Å². The van der Waals surface area contributed by atoms with E-state index >= 15 is 0 Å². The number of benzene rings is 1. The molecule has 1 unspecified atom stereocenters. The molecule has 3 N–H and O–H groups in total. The Kier molecular flexibility index (Phi) is 3.43. The van der Waals surface area contributed by atoms with Gasteiger partial charge in [-0.25, -0.2) is 0 Å². The van der Waals surface area contributed by atoms with Gasteiger partial charge in [-0.15, -0.1) is 0 Å². The van der Waals surface area contributed by atoms with Gasteiger partial charge in [0.15, 0.2) is 6.10 Å². The number of nitrogens with zero attached hydrogens (tertiary/aromatic N) is 1.